The lowest BCUT2D eigenvalue weighted by Crippen LogP contribution is -2.12. The van der Waals surface area contributed by atoms with Gasteiger partial charge in [0.15, 0.2) is 0 Å². The van der Waals surface area contributed by atoms with Crippen molar-refractivity contribution in [2.45, 2.75) is 13.8 Å². The number of aromatic carboxylic acids is 1. The lowest BCUT2D eigenvalue weighted by molar-refractivity contribution is -0.384. The van der Waals surface area contributed by atoms with Crippen molar-refractivity contribution in [1.29, 1.82) is 0 Å². The molecule has 2 N–H and O–H groups in total. The first-order valence-electron chi connectivity index (χ1n) is 5.28. The van der Waals surface area contributed by atoms with Gasteiger partial charge in [0, 0.05) is 18.7 Å². The van der Waals surface area contributed by atoms with E-state index in [-0.39, 0.29) is 27.9 Å². The number of rotatable bonds is 5. The monoisotopic (exact) mass is 272 g/mol. The number of nitrogens with zero attached hydrogens (tertiary/aromatic N) is 1. The second kappa shape index (κ2) is 5.68. The smallest absolute Gasteiger partial charge is 0.338 e. The van der Waals surface area contributed by atoms with Gasteiger partial charge in [-0.25, -0.2) is 4.79 Å². The SMILES string of the molecule is CC(C)CNc1c(Cl)cc([N+](=O)[O-])cc1C(=O)O. The zero-order valence-corrected chi connectivity index (χ0v) is 10.7. The third-order valence-electron chi connectivity index (χ3n) is 2.20. The molecule has 6 nitrogen and oxygen atoms in total. The molecule has 0 radical (unpaired) electrons. The fraction of sp³-hybridized carbons (Fsp3) is 0.364. The normalized spacial score (nSPS) is 10.4. The van der Waals surface area contributed by atoms with Crippen LogP contribution in [-0.2, 0) is 0 Å². The molecule has 0 saturated heterocycles. The van der Waals surface area contributed by atoms with Gasteiger partial charge in [0.25, 0.3) is 5.69 Å². The van der Waals surface area contributed by atoms with E-state index in [2.05, 4.69) is 5.32 Å². The van der Waals surface area contributed by atoms with Crippen molar-refractivity contribution < 1.29 is 14.8 Å². The average molecular weight is 273 g/mol. The summed E-state index contributed by atoms with van der Waals surface area (Å²) in [5, 5.41) is 22.6. The minimum atomic E-state index is -1.26. The highest BCUT2D eigenvalue weighted by Gasteiger charge is 2.19. The number of nitro benzene ring substituents is 1. The van der Waals surface area contributed by atoms with E-state index < -0.39 is 10.9 Å². The van der Waals surface area contributed by atoms with Crippen LogP contribution < -0.4 is 5.32 Å². The van der Waals surface area contributed by atoms with Crippen LogP contribution in [0.15, 0.2) is 12.1 Å². The summed E-state index contributed by atoms with van der Waals surface area (Å²) in [5.41, 5.74) is -0.328. The molecule has 0 aliphatic carbocycles. The first kappa shape index (κ1) is 14.2. The summed E-state index contributed by atoms with van der Waals surface area (Å²) in [7, 11) is 0. The molecule has 1 aromatic rings. The number of nitro groups is 1. The van der Waals surface area contributed by atoms with Crippen molar-refractivity contribution in [3.63, 3.8) is 0 Å². The first-order chi connectivity index (χ1) is 8.32. The lowest BCUT2D eigenvalue weighted by Gasteiger charge is -2.13. The molecule has 0 heterocycles. The molecule has 98 valence electrons. The number of carboxylic acids is 1. The Morgan fingerprint density at radius 2 is 2.17 bits per heavy atom. The molecule has 1 aromatic carbocycles. The second-order valence-corrected chi connectivity index (χ2v) is 4.59. The van der Waals surface area contributed by atoms with E-state index in [9.17, 15) is 14.9 Å². The zero-order chi connectivity index (χ0) is 13.9. The molecule has 1 rings (SSSR count). The number of hydrogen-bond acceptors (Lipinski definition) is 4. The Kier molecular flexibility index (Phi) is 4.49. The van der Waals surface area contributed by atoms with Crippen molar-refractivity contribution in [1.82, 2.24) is 0 Å². The quantitative estimate of drug-likeness (QED) is 0.635. The molecule has 0 aromatic heterocycles. The van der Waals surface area contributed by atoms with Crippen molar-refractivity contribution in [2.24, 2.45) is 5.92 Å². The zero-order valence-electron chi connectivity index (χ0n) is 9.94. The number of nitrogens with one attached hydrogen (secondary N) is 1. The van der Waals surface area contributed by atoms with Crippen LogP contribution in [0.3, 0.4) is 0 Å². The van der Waals surface area contributed by atoms with E-state index >= 15 is 0 Å². The standard InChI is InChI=1S/C11H13ClN2O4/c1-6(2)5-13-10-8(11(15)16)3-7(14(17)18)4-9(10)12/h3-4,6,13H,5H2,1-2H3,(H,15,16). The average Bonchev–Trinajstić information content (AvgIpc) is 2.25. The highest BCUT2D eigenvalue weighted by molar-refractivity contribution is 6.34. The van der Waals surface area contributed by atoms with Gasteiger partial charge < -0.3 is 10.4 Å². The van der Waals surface area contributed by atoms with Gasteiger partial charge in [0.05, 0.1) is 21.2 Å². The maximum Gasteiger partial charge on any atom is 0.338 e. The summed E-state index contributed by atoms with van der Waals surface area (Å²) in [5.74, 6) is -0.968. The molecule has 0 bridgehead atoms. The van der Waals surface area contributed by atoms with E-state index in [0.29, 0.717) is 6.54 Å². The van der Waals surface area contributed by atoms with Gasteiger partial charge in [-0.3, -0.25) is 10.1 Å². The maximum absolute atomic E-state index is 11.1. The number of hydrogen-bond donors (Lipinski definition) is 2. The highest BCUT2D eigenvalue weighted by atomic mass is 35.5. The van der Waals surface area contributed by atoms with E-state index in [0.717, 1.165) is 12.1 Å². The Morgan fingerprint density at radius 3 is 2.61 bits per heavy atom. The number of anilines is 1. The van der Waals surface area contributed by atoms with Gasteiger partial charge in [-0.2, -0.15) is 0 Å². The van der Waals surface area contributed by atoms with Crippen LogP contribution in [0.1, 0.15) is 24.2 Å². The van der Waals surface area contributed by atoms with Crippen LogP contribution in [-0.4, -0.2) is 22.5 Å². The first-order valence-corrected chi connectivity index (χ1v) is 5.65. The van der Waals surface area contributed by atoms with Crippen LogP contribution in [0, 0.1) is 16.0 Å². The Bertz CT molecular complexity index is 488. The Balaban J connectivity index is 3.23. The molecule has 0 saturated carbocycles. The minimum Gasteiger partial charge on any atom is -0.478 e. The predicted molar refractivity (Wildman–Crippen MR) is 68.4 cm³/mol. The van der Waals surface area contributed by atoms with Crippen LogP contribution in [0.4, 0.5) is 11.4 Å². The fourth-order valence-corrected chi connectivity index (χ4v) is 1.63. The number of carboxylic acid groups (broad SMARTS) is 1. The van der Waals surface area contributed by atoms with Crippen molar-refractivity contribution >= 4 is 28.9 Å². The molecule has 0 fully saturated rings. The van der Waals surface area contributed by atoms with Crippen LogP contribution >= 0.6 is 11.6 Å². The number of benzene rings is 1. The summed E-state index contributed by atoms with van der Waals surface area (Å²) >= 11 is 5.88. The molecular formula is C11H13ClN2O4. The van der Waals surface area contributed by atoms with Gasteiger partial charge >= 0.3 is 5.97 Å². The minimum absolute atomic E-state index is 0.0299. The molecule has 0 aliphatic heterocycles. The molecule has 0 unspecified atom stereocenters. The summed E-state index contributed by atoms with van der Waals surface area (Å²) in [6.07, 6.45) is 0. The van der Waals surface area contributed by atoms with E-state index in [1.54, 1.807) is 0 Å². The summed E-state index contributed by atoms with van der Waals surface area (Å²) < 4.78 is 0. The molecule has 0 atom stereocenters. The Hall–Kier alpha value is -1.82. The molecule has 0 amide bonds. The van der Waals surface area contributed by atoms with E-state index in [1.807, 2.05) is 13.8 Å². The Morgan fingerprint density at radius 1 is 1.56 bits per heavy atom. The van der Waals surface area contributed by atoms with Crippen molar-refractivity contribution in [3.8, 4) is 0 Å². The van der Waals surface area contributed by atoms with Gasteiger partial charge in [0.2, 0.25) is 0 Å². The van der Waals surface area contributed by atoms with E-state index in [1.165, 1.54) is 0 Å². The molecule has 0 aliphatic rings. The van der Waals surface area contributed by atoms with Gasteiger partial charge in [0.1, 0.15) is 0 Å². The molecule has 0 spiro atoms. The summed E-state index contributed by atoms with van der Waals surface area (Å²) in [6.45, 7) is 4.43. The van der Waals surface area contributed by atoms with Gasteiger partial charge in [-0.15, -0.1) is 0 Å². The van der Waals surface area contributed by atoms with E-state index in [4.69, 9.17) is 16.7 Å². The molecule has 18 heavy (non-hydrogen) atoms. The number of carbonyl (C=O) groups is 1. The molecular weight excluding hydrogens is 260 g/mol. The third kappa shape index (κ3) is 3.33. The highest BCUT2D eigenvalue weighted by Crippen LogP contribution is 2.31. The predicted octanol–water partition coefficient (Wildman–Crippen LogP) is 3.01. The fourth-order valence-electron chi connectivity index (χ4n) is 1.35. The van der Waals surface area contributed by atoms with Crippen LogP contribution in [0.5, 0.6) is 0 Å². The Labute approximate surface area is 109 Å². The van der Waals surface area contributed by atoms with Gasteiger partial charge in [-0.1, -0.05) is 25.4 Å². The maximum atomic E-state index is 11.1. The third-order valence-corrected chi connectivity index (χ3v) is 2.50. The van der Waals surface area contributed by atoms with Crippen LogP contribution in [0.25, 0.3) is 0 Å². The summed E-state index contributed by atoms with van der Waals surface area (Å²) in [4.78, 5) is 21.0. The van der Waals surface area contributed by atoms with Crippen molar-refractivity contribution in [3.05, 3.63) is 32.8 Å². The second-order valence-electron chi connectivity index (χ2n) is 4.19. The summed E-state index contributed by atoms with van der Waals surface area (Å²) in [6, 6.07) is 2.13. The largest absolute Gasteiger partial charge is 0.478 e. The molecule has 7 heteroatoms. The van der Waals surface area contributed by atoms with Gasteiger partial charge in [-0.05, 0) is 5.92 Å². The lowest BCUT2D eigenvalue weighted by atomic mass is 10.1. The van der Waals surface area contributed by atoms with Crippen LogP contribution in [0.2, 0.25) is 5.02 Å². The number of non-ortho nitro benzene ring substituents is 1. The van der Waals surface area contributed by atoms with Crippen molar-refractivity contribution in [2.75, 3.05) is 11.9 Å². The topological polar surface area (TPSA) is 92.5 Å². The number of halogens is 1.